The van der Waals surface area contributed by atoms with Crippen molar-refractivity contribution in [2.75, 3.05) is 0 Å². The van der Waals surface area contributed by atoms with Gasteiger partial charge in [0.1, 0.15) is 11.5 Å². The van der Waals surface area contributed by atoms with Crippen molar-refractivity contribution in [1.29, 1.82) is 0 Å². The number of fused-ring (bicyclic) bond motifs is 2. The van der Waals surface area contributed by atoms with E-state index in [9.17, 15) is 10.2 Å². The SMILES string of the molecule is CC(C)c1cc(Br)c(O)c2ccccc12.CC(C)c1cc(Cl)c(O)c2ccccc12. The third-order valence-corrected chi connectivity index (χ3v) is 6.14. The van der Waals surface area contributed by atoms with E-state index < -0.39 is 0 Å². The predicted octanol–water partition coefficient (Wildman–Crippen LogP) is 8.75. The van der Waals surface area contributed by atoms with Gasteiger partial charge in [-0.3, -0.25) is 0 Å². The minimum absolute atomic E-state index is 0.177. The molecule has 0 aliphatic rings. The van der Waals surface area contributed by atoms with Gasteiger partial charge in [0.05, 0.1) is 9.50 Å². The summed E-state index contributed by atoms with van der Waals surface area (Å²) in [5, 5.41) is 24.1. The molecule has 2 nitrogen and oxygen atoms in total. The number of halogens is 2. The van der Waals surface area contributed by atoms with E-state index in [4.69, 9.17) is 11.6 Å². The van der Waals surface area contributed by atoms with Crippen molar-refractivity contribution in [3.05, 3.63) is 81.3 Å². The van der Waals surface area contributed by atoms with Crippen molar-refractivity contribution >= 4 is 49.1 Å². The van der Waals surface area contributed by atoms with Gasteiger partial charge in [0, 0.05) is 10.8 Å². The molecule has 0 aliphatic heterocycles. The molecule has 4 rings (SSSR count). The van der Waals surface area contributed by atoms with E-state index in [1.54, 1.807) is 0 Å². The molecule has 0 atom stereocenters. The first-order valence-electron chi connectivity index (χ1n) is 10.0. The lowest BCUT2D eigenvalue weighted by Gasteiger charge is -2.12. The highest BCUT2D eigenvalue weighted by Crippen LogP contribution is 2.38. The molecule has 4 aromatic rings. The van der Waals surface area contributed by atoms with E-state index >= 15 is 0 Å². The van der Waals surface area contributed by atoms with Crippen LogP contribution in [0.25, 0.3) is 21.5 Å². The molecule has 0 heterocycles. The summed E-state index contributed by atoms with van der Waals surface area (Å²) < 4.78 is 0.768. The van der Waals surface area contributed by atoms with Crippen LogP contribution in [0.1, 0.15) is 50.7 Å². The number of rotatable bonds is 2. The second-order valence-corrected chi connectivity index (χ2v) is 9.25. The van der Waals surface area contributed by atoms with Crippen LogP contribution in [-0.4, -0.2) is 10.2 Å². The van der Waals surface area contributed by atoms with Gasteiger partial charge in [0.15, 0.2) is 0 Å². The molecule has 4 aromatic carbocycles. The third-order valence-electron chi connectivity index (χ3n) is 5.25. The van der Waals surface area contributed by atoms with Gasteiger partial charge in [-0.25, -0.2) is 0 Å². The summed E-state index contributed by atoms with van der Waals surface area (Å²) in [5.74, 6) is 1.35. The monoisotopic (exact) mass is 484 g/mol. The Kier molecular flexibility index (Phi) is 6.95. The fourth-order valence-electron chi connectivity index (χ4n) is 3.66. The zero-order valence-electron chi connectivity index (χ0n) is 17.6. The molecule has 0 aromatic heterocycles. The summed E-state index contributed by atoms with van der Waals surface area (Å²) in [6.07, 6.45) is 0. The number of phenolic OH excluding ortho intramolecular Hbond substituents is 2. The van der Waals surface area contributed by atoms with Crippen LogP contribution < -0.4 is 0 Å². The van der Waals surface area contributed by atoms with E-state index in [1.807, 2.05) is 54.6 Å². The Balaban J connectivity index is 0.000000171. The van der Waals surface area contributed by atoms with Crippen molar-refractivity contribution in [3.8, 4) is 11.5 Å². The highest BCUT2D eigenvalue weighted by molar-refractivity contribution is 9.10. The first-order valence-corrected chi connectivity index (χ1v) is 11.2. The summed E-state index contributed by atoms with van der Waals surface area (Å²) in [6.45, 7) is 8.56. The molecule has 2 N–H and O–H groups in total. The molecule has 0 saturated heterocycles. The van der Waals surface area contributed by atoms with E-state index in [2.05, 4.69) is 49.7 Å². The van der Waals surface area contributed by atoms with Crippen LogP contribution in [0.5, 0.6) is 11.5 Å². The Labute approximate surface area is 191 Å². The lowest BCUT2D eigenvalue weighted by Crippen LogP contribution is -1.90. The number of aromatic hydroxyl groups is 2. The molecular formula is C26H26BrClO2. The van der Waals surface area contributed by atoms with Crippen LogP contribution >= 0.6 is 27.5 Å². The predicted molar refractivity (Wildman–Crippen MR) is 132 cm³/mol. The first-order chi connectivity index (χ1) is 14.2. The van der Waals surface area contributed by atoms with Gasteiger partial charge in [-0.05, 0) is 61.8 Å². The third kappa shape index (κ3) is 4.43. The highest BCUT2D eigenvalue weighted by Gasteiger charge is 2.12. The van der Waals surface area contributed by atoms with Crippen LogP contribution in [-0.2, 0) is 0 Å². The van der Waals surface area contributed by atoms with Gasteiger partial charge >= 0.3 is 0 Å². The maximum atomic E-state index is 9.92. The number of hydrogen-bond donors (Lipinski definition) is 2. The average Bonchev–Trinajstić information content (AvgIpc) is 2.73. The Bertz CT molecular complexity index is 1100. The van der Waals surface area contributed by atoms with Crippen molar-refractivity contribution in [2.24, 2.45) is 0 Å². The molecule has 0 saturated carbocycles. The van der Waals surface area contributed by atoms with E-state index in [-0.39, 0.29) is 5.75 Å². The van der Waals surface area contributed by atoms with Gasteiger partial charge in [-0.2, -0.15) is 0 Å². The topological polar surface area (TPSA) is 40.5 Å². The largest absolute Gasteiger partial charge is 0.506 e. The standard InChI is InChI=1S/C13H13BrO.C13H13ClO/c2*1-8(2)11-7-12(14)13(15)10-6-4-3-5-9(10)11/h2*3-8,15H,1-2H3. The van der Waals surface area contributed by atoms with Gasteiger partial charge in [-0.1, -0.05) is 87.8 Å². The molecule has 0 unspecified atom stereocenters. The Morgan fingerprint density at radius 3 is 1.53 bits per heavy atom. The van der Waals surface area contributed by atoms with E-state index in [0.717, 1.165) is 26.0 Å². The van der Waals surface area contributed by atoms with Crippen LogP contribution in [0.15, 0.2) is 65.1 Å². The maximum absolute atomic E-state index is 9.92. The Morgan fingerprint density at radius 1 is 0.667 bits per heavy atom. The van der Waals surface area contributed by atoms with Crippen LogP contribution in [0.4, 0.5) is 0 Å². The Hall–Kier alpha value is -2.23. The molecule has 30 heavy (non-hydrogen) atoms. The van der Waals surface area contributed by atoms with Gasteiger partial charge in [-0.15, -0.1) is 0 Å². The number of benzene rings is 4. The van der Waals surface area contributed by atoms with Crippen LogP contribution in [0, 0.1) is 0 Å². The van der Waals surface area contributed by atoms with Crippen molar-refractivity contribution in [3.63, 3.8) is 0 Å². The van der Waals surface area contributed by atoms with Gasteiger partial charge in [0.2, 0.25) is 0 Å². The summed E-state index contributed by atoms with van der Waals surface area (Å²) in [5.41, 5.74) is 2.43. The molecule has 4 heteroatoms. The van der Waals surface area contributed by atoms with Crippen molar-refractivity contribution in [2.45, 2.75) is 39.5 Å². The van der Waals surface area contributed by atoms with Gasteiger partial charge < -0.3 is 10.2 Å². The van der Waals surface area contributed by atoms with E-state index in [1.165, 1.54) is 11.1 Å². The maximum Gasteiger partial charge on any atom is 0.142 e. The zero-order valence-corrected chi connectivity index (χ0v) is 19.9. The molecular weight excluding hydrogens is 460 g/mol. The molecule has 0 bridgehead atoms. The minimum atomic E-state index is 0.177. The quantitative estimate of drug-likeness (QED) is 0.298. The fraction of sp³-hybridized carbons (Fsp3) is 0.231. The summed E-state index contributed by atoms with van der Waals surface area (Å²) in [6, 6.07) is 19.6. The molecule has 0 radical (unpaired) electrons. The lowest BCUT2D eigenvalue weighted by atomic mass is 9.95. The number of hydrogen-bond acceptors (Lipinski definition) is 2. The normalized spacial score (nSPS) is 11.2. The van der Waals surface area contributed by atoms with Crippen LogP contribution in [0.2, 0.25) is 5.02 Å². The molecule has 0 aliphatic carbocycles. The summed E-state index contributed by atoms with van der Waals surface area (Å²) in [7, 11) is 0. The summed E-state index contributed by atoms with van der Waals surface area (Å²) in [4.78, 5) is 0. The second-order valence-electron chi connectivity index (χ2n) is 7.99. The van der Waals surface area contributed by atoms with E-state index in [0.29, 0.717) is 22.6 Å². The summed E-state index contributed by atoms with van der Waals surface area (Å²) >= 11 is 9.37. The van der Waals surface area contributed by atoms with Gasteiger partial charge in [0.25, 0.3) is 0 Å². The number of phenols is 2. The average molecular weight is 486 g/mol. The smallest absolute Gasteiger partial charge is 0.142 e. The minimum Gasteiger partial charge on any atom is -0.506 e. The van der Waals surface area contributed by atoms with Crippen LogP contribution in [0.3, 0.4) is 0 Å². The fourth-order valence-corrected chi connectivity index (χ4v) is 4.34. The Morgan fingerprint density at radius 2 is 1.07 bits per heavy atom. The second kappa shape index (κ2) is 9.28. The molecule has 156 valence electrons. The van der Waals surface area contributed by atoms with Crippen molar-refractivity contribution in [1.82, 2.24) is 0 Å². The highest BCUT2D eigenvalue weighted by atomic mass is 79.9. The lowest BCUT2D eigenvalue weighted by molar-refractivity contribution is 0.478. The molecule has 0 amide bonds. The zero-order chi connectivity index (χ0) is 22.0. The first kappa shape index (κ1) is 22.5. The molecule has 0 spiro atoms. The molecule has 0 fully saturated rings. The van der Waals surface area contributed by atoms with Crippen molar-refractivity contribution < 1.29 is 10.2 Å².